The van der Waals surface area contributed by atoms with Gasteiger partial charge in [0.25, 0.3) is 0 Å². The zero-order chi connectivity index (χ0) is 16.3. The van der Waals surface area contributed by atoms with Crippen molar-refractivity contribution in [2.45, 2.75) is 20.8 Å². The molecule has 0 amide bonds. The highest BCUT2D eigenvalue weighted by Gasteiger charge is 2.23. The lowest BCUT2D eigenvalue weighted by molar-refractivity contribution is -0.131. The van der Waals surface area contributed by atoms with E-state index in [0.29, 0.717) is 23.5 Å². The summed E-state index contributed by atoms with van der Waals surface area (Å²) in [4.78, 5) is 10.7. The number of carboxylic acids is 1. The number of carboxylic acid groups (broad SMARTS) is 1. The molecule has 22 heavy (non-hydrogen) atoms. The van der Waals surface area contributed by atoms with Gasteiger partial charge in [0.05, 0.1) is 6.61 Å². The van der Waals surface area contributed by atoms with Crippen LogP contribution in [-0.4, -0.2) is 17.7 Å². The topological polar surface area (TPSA) is 46.5 Å². The molecule has 3 nitrogen and oxygen atoms in total. The summed E-state index contributed by atoms with van der Waals surface area (Å²) in [5.41, 5.74) is 1.88. The Morgan fingerprint density at radius 2 is 2.14 bits per heavy atom. The SMILES string of the molecule is CC(C=CC1=CC(C)(C)COc2ccc(F)cc21)=CC(=O)O. The van der Waals surface area contributed by atoms with Crippen molar-refractivity contribution in [2.75, 3.05) is 6.61 Å². The number of halogens is 1. The maximum Gasteiger partial charge on any atom is 0.328 e. The molecule has 0 saturated carbocycles. The Morgan fingerprint density at radius 3 is 2.82 bits per heavy atom. The molecule has 1 heterocycles. The lowest BCUT2D eigenvalue weighted by Crippen LogP contribution is -2.17. The van der Waals surface area contributed by atoms with E-state index in [0.717, 1.165) is 11.6 Å². The minimum atomic E-state index is -0.993. The molecule has 2 rings (SSSR count). The van der Waals surface area contributed by atoms with Crippen molar-refractivity contribution < 1.29 is 19.0 Å². The van der Waals surface area contributed by atoms with Crippen molar-refractivity contribution in [1.82, 2.24) is 0 Å². The largest absolute Gasteiger partial charge is 0.492 e. The van der Waals surface area contributed by atoms with Crippen LogP contribution in [0.1, 0.15) is 26.3 Å². The van der Waals surface area contributed by atoms with Gasteiger partial charge in [-0.1, -0.05) is 32.1 Å². The van der Waals surface area contributed by atoms with Crippen molar-refractivity contribution in [2.24, 2.45) is 5.41 Å². The zero-order valence-electron chi connectivity index (χ0n) is 12.9. The van der Waals surface area contributed by atoms with Gasteiger partial charge in [-0.3, -0.25) is 0 Å². The van der Waals surface area contributed by atoms with E-state index in [1.54, 1.807) is 25.1 Å². The quantitative estimate of drug-likeness (QED) is 0.672. The second-order valence-corrected chi connectivity index (χ2v) is 6.08. The molecule has 0 aliphatic carbocycles. The van der Waals surface area contributed by atoms with Crippen molar-refractivity contribution in [1.29, 1.82) is 0 Å². The Kier molecular flexibility index (Phi) is 4.50. The molecule has 1 aromatic rings. The first-order valence-electron chi connectivity index (χ1n) is 7.02. The molecule has 4 heteroatoms. The molecule has 1 N–H and O–H groups in total. The van der Waals surface area contributed by atoms with Crippen LogP contribution in [0.5, 0.6) is 5.75 Å². The van der Waals surface area contributed by atoms with Gasteiger partial charge in [-0.2, -0.15) is 0 Å². The number of aliphatic carboxylic acids is 1. The number of carbonyl (C=O) groups is 1. The normalized spacial score (nSPS) is 17.5. The minimum absolute atomic E-state index is 0.209. The van der Waals surface area contributed by atoms with Crippen LogP contribution in [0, 0.1) is 11.2 Å². The number of fused-ring (bicyclic) bond motifs is 1. The molecule has 116 valence electrons. The zero-order valence-corrected chi connectivity index (χ0v) is 12.9. The first kappa shape index (κ1) is 16.0. The van der Waals surface area contributed by atoms with Crippen molar-refractivity contribution >= 4 is 11.5 Å². The molecule has 0 atom stereocenters. The summed E-state index contributed by atoms with van der Waals surface area (Å²) in [6.45, 7) is 6.26. The average molecular weight is 302 g/mol. The summed E-state index contributed by atoms with van der Waals surface area (Å²) in [6, 6.07) is 4.42. The van der Waals surface area contributed by atoms with Gasteiger partial charge in [0.2, 0.25) is 0 Å². The van der Waals surface area contributed by atoms with E-state index >= 15 is 0 Å². The fourth-order valence-corrected chi connectivity index (χ4v) is 2.26. The second kappa shape index (κ2) is 6.18. The average Bonchev–Trinajstić information content (AvgIpc) is 2.53. The van der Waals surface area contributed by atoms with Crippen molar-refractivity contribution in [3.05, 3.63) is 59.5 Å². The van der Waals surface area contributed by atoms with E-state index in [2.05, 4.69) is 0 Å². The van der Waals surface area contributed by atoms with Gasteiger partial charge in [-0.05, 0) is 36.3 Å². The molecule has 0 aromatic heterocycles. The molecule has 1 aromatic carbocycles. The van der Waals surface area contributed by atoms with Crippen molar-refractivity contribution in [3.63, 3.8) is 0 Å². The minimum Gasteiger partial charge on any atom is -0.492 e. The van der Waals surface area contributed by atoms with E-state index in [1.165, 1.54) is 12.1 Å². The number of rotatable bonds is 3. The first-order chi connectivity index (χ1) is 10.3. The molecule has 1 aliphatic rings. The Morgan fingerprint density at radius 1 is 1.41 bits per heavy atom. The highest BCUT2D eigenvalue weighted by atomic mass is 19.1. The lowest BCUT2D eigenvalue weighted by Gasteiger charge is -2.18. The van der Waals surface area contributed by atoms with Crippen LogP contribution in [0.4, 0.5) is 4.39 Å². The van der Waals surface area contributed by atoms with Crippen LogP contribution in [-0.2, 0) is 4.79 Å². The van der Waals surface area contributed by atoms with E-state index in [1.807, 2.05) is 19.9 Å². The van der Waals surface area contributed by atoms with Gasteiger partial charge in [-0.15, -0.1) is 0 Å². The predicted molar refractivity (Wildman–Crippen MR) is 84.2 cm³/mol. The number of ether oxygens (including phenoxy) is 1. The monoisotopic (exact) mass is 302 g/mol. The molecule has 0 unspecified atom stereocenters. The Labute approximate surface area is 129 Å². The summed E-state index contributed by atoms with van der Waals surface area (Å²) in [6.07, 6.45) is 6.64. The molecule has 0 radical (unpaired) electrons. The highest BCUT2D eigenvalue weighted by Crippen LogP contribution is 2.36. The van der Waals surface area contributed by atoms with Crippen LogP contribution in [0.25, 0.3) is 5.57 Å². The third kappa shape index (κ3) is 4.07. The number of hydrogen-bond acceptors (Lipinski definition) is 2. The molecule has 0 bridgehead atoms. The van der Waals surface area contributed by atoms with Crippen LogP contribution in [0.3, 0.4) is 0 Å². The Balaban J connectivity index is 2.46. The maximum atomic E-state index is 13.6. The van der Waals surface area contributed by atoms with Crippen LogP contribution < -0.4 is 4.74 Å². The summed E-state index contributed by atoms with van der Waals surface area (Å²) >= 11 is 0. The van der Waals surface area contributed by atoms with Gasteiger partial charge >= 0.3 is 5.97 Å². The second-order valence-electron chi connectivity index (χ2n) is 6.08. The molecule has 0 saturated heterocycles. The molecular formula is C18H19FO3. The van der Waals surface area contributed by atoms with Crippen LogP contribution in [0.2, 0.25) is 0 Å². The van der Waals surface area contributed by atoms with Crippen LogP contribution >= 0.6 is 0 Å². The first-order valence-corrected chi connectivity index (χ1v) is 7.02. The molecular weight excluding hydrogens is 283 g/mol. The van der Waals surface area contributed by atoms with Gasteiger partial charge < -0.3 is 9.84 Å². The third-order valence-corrected chi connectivity index (χ3v) is 3.28. The van der Waals surface area contributed by atoms with Gasteiger partial charge in [-0.25, -0.2) is 9.18 Å². The number of benzene rings is 1. The summed E-state index contributed by atoms with van der Waals surface area (Å²) < 4.78 is 19.3. The molecule has 1 aliphatic heterocycles. The van der Waals surface area contributed by atoms with Gasteiger partial charge in [0.15, 0.2) is 0 Å². The number of allylic oxidation sites excluding steroid dienone is 4. The number of hydrogen-bond donors (Lipinski definition) is 1. The summed E-state index contributed by atoms with van der Waals surface area (Å²) in [7, 11) is 0. The van der Waals surface area contributed by atoms with E-state index in [-0.39, 0.29) is 11.2 Å². The van der Waals surface area contributed by atoms with Crippen molar-refractivity contribution in [3.8, 4) is 5.75 Å². The third-order valence-electron chi connectivity index (χ3n) is 3.28. The van der Waals surface area contributed by atoms with Gasteiger partial charge in [0, 0.05) is 17.1 Å². The smallest absolute Gasteiger partial charge is 0.328 e. The van der Waals surface area contributed by atoms with Gasteiger partial charge in [0.1, 0.15) is 11.6 Å². The summed E-state index contributed by atoms with van der Waals surface area (Å²) in [5, 5.41) is 8.75. The van der Waals surface area contributed by atoms with E-state index in [4.69, 9.17) is 9.84 Å². The lowest BCUT2D eigenvalue weighted by atomic mass is 9.90. The van der Waals surface area contributed by atoms with E-state index < -0.39 is 5.97 Å². The Bertz CT molecular complexity index is 682. The van der Waals surface area contributed by atoms with E-state index in [9.17, 15) is 9.18 Å². The maximum absolute atomic E-state index is 13.6. The summed E-state index contributed by atoms with van der Waals surface area (Å²) in [5.74, 6) is -0.700. The molecule has 0 fully saturated rings. The standard InChI is InChI=1S/C18H19FO3/c1-12(8-17(20)21)4-5-13-10-18(2,3)11-22-16-7-6-14(19)9-15(13)16/h4-10H,11H2,1-3H3,(H,20,21). The van der Waals surface area contributed by atoms with Crippen LogP contribution in [0.15, 0.2) is 48.1 Å². The fraction of sp³-hybridized carbons (Fsp3) is 0.278. The highest BCUT2D eigenvalue weighted by molar-refractivity contribution is 5.82. The fourth-order valence-electron chi connectivity index (χ4n) is 2.26. The molecule has 0 spiro atoms. The predicted octanol–water partition coefficient (Wildman–Crippen LogP) is 4.21. The Hall–Kier alpha value is -2.36.